The molecule has 0 bridgehead atoms. The first-order valence-electron chi connectivity index (χ1n) is 5.91. The SMILES string of the molecule is CCC1(O)CN(C(=O)CSc2ccc(Cl)cc2)C1. The summed E-state index contributed by atoms with van der Waals surface area (Å²) < 4.78 is 0. The predicted molar refractivity (Wildman–Crippen MR) is 74.0 cm³/mol. The van der Waals surface area contributed by atoms with E-state index in [0.717, 1.165) is 4.90 Å². The molecule has 0 saturated carbocycles. The van der Waals surface area contributed by atoms with Gasteiger partial charge in [0.2, 0.25) is 5.91 Å². The molecular weight excluding hydrogens is 270 g/mol. The number of benzene rings is 1. The number of likely N-dealkylation sites (tertiary alicyclic amines) is 1. The van der Waals surface area contributed by atoms with Gasteiger partial charge in [0.15, 0.2) is 0 Å². The molecule has 1 amide bonds. The van der Waals surface area contributed by atoms with Crippen molar-refractivity contribution in [2.24, 2.45) is 0 Å². The van der Waals surface area contributed by atoms with E-state index in [9.17, 15) is 9.90 Å². The van der Waals surface area contributed by atoms with E-state index >= 15 is 0 Å². The number of hydrogen-bond donors (Lipinski definition) is 1. The van der Waals surface area contributed by atoms with Crippen LogP contribution in [0, 0.1) is 0 Å². The zero-order valence-electron chi connectivity index (χ0n) is 10.2. The number of carbonyl (C=O) groups is 1. The summed E-state index contributed by atoms with van der Waals surface area (Å²) >= 11 is 7.28. The fraction of sp³-hybridized carbons (Fsp3) is 0.462. The number of amides is 1. The smallest absolute Gasteiger partial charge is 0.233 e. The second kappa shape index (κ2) is 5.51. The van der Waals surface area contributed by atoms with E-state index in [-0.39, 0.29) is 5.91 Å². The van der Waals surface area contributed by atoms with Gasteiger partial charge in [-0.1, -0.05) is 18.5 Å². The van der Waals surface area contributed by atoms with Crippen molar-refractivity contribution in [3.8, 4) is 0 Å². The Bertz CT molecular complexity index is 429. The van der Waals surface area contributed by atoms with E-state index in [1.807, 2.05) is 31.2 Å². The molecule has 1 aromatic rings. The first kappa shape index (κ1) is 13.7. The van der Waals surface area contributed by atoms with Crippen molar-refractivity contribution in [3.05, 3.63) is 29.3 Å². The van der Waals surface area contributed by atoms with Crippen molar-refractivity contribution in [1.82, 2.24) is 4.90 Å². The summed E-state index contributed by atoms with van der Waals surface area (Å²) in [6.07, 6.45) is 0.696. The highest BCUT2D eigenvalue weighted by molar-refractivity contribution is 8.00. The summed E-state index contributed by atoms with van der Waals surface area (Å²) in [6, 6.07) is 7.43. The third-order valence-electron chi connectivity index (χ3n) is 3.16. The third-order valence-corrected chi connectivity index (χ3v) is 4.41. The van der Waals surface area contributed by atoms with Crippen LogP contribution in [0.15, 0.2) is 29.2 Å². The van der Waals surface area contributed by atoms with E-state index in [0.29, 0.717) is 30.3 Å². The number of halogens is 1. The van der Waals surface area contributed by atoms with Gasteiger partial charge in [-0.15, -0.1) is 11.8 Å². The predicted octanol–water partition coefficient (Wildman–Crippen LogP) is 2.42. The molecule has 1 aliphatic rings. The van der Waals surface area contributed by atoms with Gasteiger partial charge >= 0.3 is 0 Å². The van der Waals surface area contributed by atoms with E-state index in [1.165, 1.54) is 11.8 Å². The van der Waals surface area contributed by atoms with Crippen molar-refractivity contribution in [3.63, 3.8) is 0 Å². The van der Waals surface area contributed by atoms with Gasteiger partial charge in [-0.05, 0) is 30.7 Å². The van der Waals surface area contributed by atoms with Gasteiger partial charge in [-0.2, -0.15) is 0 Å². The topological polar surface area (TPSA) is 40.5 Å². The average molecular weight is 286 g/mol. The summed E-state index contributed by atoms with van der Waals surface area (Å²) in [6.45, 7) is 2.86. The summed E-state index contributed by atoms with van der Waals surface area (Å²) in [4.78, 5) is 14.6. The van der Waals surface area contributed by atoms with Crippen molar-refractivity contribution >= 4 is 29.3 Å². The molecule has 98 valence electrons. The lowest BCUT2D eigenvalue weighted by Gasteiger charge is -2.46. The third kappa shape index (κ3) is 3.19. The molecule has 0 spiro atoms. The number of nitrogens with zero attached hydrogens (tertiary/aromatic N) is 1. The molecule has 1 aromatic carbocycles. The van der Waals surface area contributed by atoms with Gasteiger partial charge < -0.3 is 10.0 Å². The molecule has 0 aromatic heterocycles. The number of aliphatic hydroxyl groups is 1. The molecule has 3 nitrogen and oxygen atoms in total. The fourth-order valence-electron chi connectivity index (χ4n) is 1.83. The second-order valence-electron chi connectivity index (χ2n) is 4.57. The molecule has 0 unspecified atom stereocenters. The number of hydrogen-bond acceptors (Lipinski definition) is 3. The molecule has 1 aliphatic heterocycles. The normalized spacial score (nSPS) is 17.4. The highest BCUT2D eigenvalue weighted by Gasteiger charge is 2.41. The van der Waals surface area contributed by atoms with Gasteiger partial charge in [-0.25, -0.2) is 0 Å². The van der Waals surface area contributed by atoms with E-state index in [1.54, 1.807) is 4.90 Å². The molecule has 5 heteroatoms. The molecular formula is C13H16ClNO2S. The van der Waals surface area contributed by atoms with Crippen molar-refractivity contribution in [1.29, 1.82) is 0 Å². The Kier molecular flexibility index (Phi) is 4.20. The first-order chi connectivity index (χ1) is 8.52. The van der Waals surface area contributed by atoms with Crippen LogP contribution in [0.25, 0.3) is 0 Å². The number of thioether (sulfide) groups is 1. The quantitative estimate of drug-likeness (QED) is 0.864. The maximum Gasteiger partial charge on any atom is 0.233 e. The molecule has 1 saturated heterocycles. The van der Waals surface area contributed by atoms with Gasteiger partial charge in [-0.3, -0.25) is 4.79 Å². The van der Waals surface area contributed by atoms with Gasteiger partial charge in [0.25, 0.3) is 0 Å². The van der Waals surface area contributed by atoms with Gasteiger partial charge in [0.05, 0.1) is 24.4 Å². The van der Waals surface area contributed by atoms with Crippen LogP contribution in [0.3, 0.4) is 0 Å². The standard InChI is InChI=1S/C13H16ClNO2S/c1-2-13(17)8-15(9-13)12(16)7-18-11-5-3-10(14)4-6-11/h3-6,17H,2,7-9H2,1H3. The highest BCUT2D eigenvalue weighted by Crippen LogP contribution is 2.26. The van der Waals surface area contributed by atoms with Crippen LogP contribution in [0.1, 0.15) is 13.3 Å². The Morgan fingerprint density at radius 2 is 2.06 bits per heavy atom. The van der Waals surface area contributed by atoms with Crippen LogP contribution >= 0.6 is 23.4 Å². The van der Waals surface area contributed by atoms with E-state index in [2.05, 4.69) is 0 Å². The van der Waals surface area contributed by atoms with Crippen LogP contribution in [0.5, 0.6) is 0 Å². The van der Waals surface area contributed by atoms with Crippen LogP contribution in [-0.4, -0.2) is 40.4 Å². The minimum absolute atomic E-state index is 0.0769. The molecule has 0 aliphatic carbocycles. The molecule has 0 radical (unpaired) electrons. The summed E-state index contributed by atoms with van der Waals surface area (Å²) in [5.74, 6) is 0.481. The molecule has 1 N–H and O–H groups in total. The van der Waals surface area contributed by atoms with Crippen LogP contribution in [-0.2, 0) is 4.79 Å². The molecule has 1 heterocycles. The van der Waals surface area contributed by atoms with Gasteiger partial charge in [0, 0.05) is 9.92 Å². The first-order valence-corrected chi connectivity index (χ1v) is 7.27. The molecule has 2 rings (SSSR count). The summed E-state index contributed by atoms with van der Waals surface area (Å²) in [5.41, 5.74) is -0.652. The summed E-state index contributed by atoms with van der Waals surface area (Å²) in [5, 5.41) is 10.5. The van der Waals surface area contributed by atoms with Crippen LogP contribution < -0.4 is 0 Å². The lowest BCUT2D eigenvalue weighted by atomic mass is 9.91. The maximum absolute atomic E-state index is 11.8. The Balaban J connectivity index is 1.78. The largest absolute Gasteiger partial charge is 0.386 e. The second-order valence-corrected chi connectivity index (χ2v) is 6.06. The fourth-order valence-corrected chi connectivity index (χ4v) is 2.76. The average Bonchev–Trinajstić information content (AvgIpc) is 2.34. The minimum Gasteiger partial charge on any atom is -0.386 e. The van der Waals surface area contributed by atoms with Crippen LogP contribution in [0.2, 0.25) is 5.02 Å². The van der Waals surface area contributed by atoms with Crippen LogP contribution in [0.4, 0.5) is 0 Å². The number of β-amino-alcohol motifs (C(OH)–C–C–N with tert-alkyl or cyclic N) is 1. The van der Waals surface area contributed by atoms with E-state index in [4.69, 9.17) is 11.6 Å². The number of carbonyl (C=O) groups excluding carboxylic acids is 1. The van der Waals surface area contributed by atoms with Crippen molar-refractivity contribution in [2.75, 3.05) is 18.8 Å². The lowest BCUT2D eigenvalue weighted by Crippen LogP contribution is -2.63. The van der Waals surface area contributed by atoms with Crippen molar-refractivity contribution in [2.45, 2.75) is 23.8 Å². The van der Waals surface area contributed by atoms with Gasteiger partial charge in [0.1, 0.15) is 0 Å². The minimum atomic E-state index is -0.652. The maximum atomic E-state index is 11.8. The summed E-state index contributed by atoms with van der Waals surface area (Å²) in [7, 11) is 0. The molecule has 18 heavy (non-hydrogen) atoms. The number of rotatable bonds is 4. The Hall–Kier alpha value is -0.710. The molecule has 0 atom stereocenters. The monoisotopic (exact) mass is 285 g/mol. The Morgan fingerprint density at radius 1 is 1.44 bits per heavy atom. The van der Waals surface area contributed by atoms with E-state index < -0.39 is 5.60 Å². The lowest BCUT2D eigenvalue weighted by molar-refractivity contribution is -0.152. The zero-order chi connectivity index (χ0) is 13.2. The Labute approximate surface area is 116 Å². The zero-order valence-corrected chi connectivity index (χ0v) is 11.8. The molecule has 1 fully saturated rings. The highest BCUT2D eigenvalue weighted by atomic mass is 35.5. The Morgan fingerprint density at radius 3 is 2.61 bits per heavy atom. The van der Waals surface area contributed by atoms with Crippen molar-refractivity contribution < 1.29 is 9.90 Å².